The Morgan fingerprint density at radius 2 is 1.22 bits per heavy atom. The highest BCUT2D eigenvalue weighted by atomic mass is 32.2. The number of hydrogen-bond donors (Lipinski definition) is 9. The van der Waals surface area contributed by atoms with E-state index in [9.17, 15) is 58.5 Å². The summed E-state index contributed by atoms with van der Waals surface area (Å²) in [5.74, 6) is -5.90. The highest BCUT2D eigenvalue weighted by Crippen LogP contribution is 2.26. The maximum atomic E-state index is 13.9. The fourth-order valence-corrected chi connectivity index (χ4v) is 8.88. The molecule has 22 nitrogen and oxygen atoms in total. The van der Waals surface area contributed by atoms with Crippen molar-refractivity contribution < 1.29 is 63.6 Å². The number of carbonyl (C=O) groups excluding carboxylic acids is 8. The molecule has 9 atom stereocenters. The van der Waals surface area contributed by atoms with Crippen molar-refractivity contribution in [2.24, 2.45) is 0 Å². The number of hydrogen-bond acceptors (Lipinski definition) is 14. The maximum Gasteiger partial charge on any atom is 0.322 e. The second kappa shape index (κ2) is 20.6. The van der Waals surface area contributed by atoms with E-state index in [0.717, 1.165) is 16.2 Å². The zero-order chi connectivity index (χ0) is 43.0. The lowest BCUT2D eigenvalue weighted by Gasteiger charge is -2.31. The second-order valence-corrected chi connectivity index (χ2v) is 16.5. The van der Waals surface area contributed by atoms with E-state index >= 15 is 0 Å². The molecule has 5 fully saturated rings. The van der Waals surface area contributed by atoms with Gasteiger partial charge in [0, 0.05) is 45.4 Å². The molecule has 0 aromatic rings. The Morgan fingerprint density at radius 3 is 1.78 bits per heavy atom. The van der Waals surface area contributed by atoms with Crippen molar-refractivity contribution in [1.82, 2.24) is 46.2 Å². The SMILES string of the molecule is CSCC[C@H](NC(=O)CNC(=O)[C@@H]1C[C@@H](O)CN1C(=O)[C@@H]1CCCN1)C(=O)N1C[C@H](O)C[C@H]1C(=O)NCC(=O)N1CCC[C@H]1C(=O)N1C[C@H](O)C[C@H]1C(=O)NCC(=O)O. The quantitative estimate of drug-likeness (QED) is 0.0699. The Labute approximate surface area is 344 Å². The summed E-state index contributed by atoms with van der Waals surface area (Å²) in [4.78, 5) is 122. The van der Waals surface area contributed by atoms with Crippen LogP contribution in [0.15, 0.2) is 0 Å². The number of carboxylic acid groups (broad SMARTS) is 1. The molecule has 5 aliphatic heterocycles. The third-order valence-electron chi connectivity index (χ3n) is 11.3. The first-order chi connectivity index (χ1) is 28.1. The van der Waals surface area contributed by atoms with Crippen molar-refractivity contribution in [1.29, 1.82) is 0 Å². The van der Waals surface area contributed by atoms with Crippen molar-refractivity contribution in [3.05, 3.63) is 0 Å². The van der Waals surface area contributed by atoms with Gasteiger partial charge in [-0.1, -0.05) is 0 Å². The largest absolute Gasteiger partial charge is 0.480 e. The number of likely N-dealkylation sites (tertiary alicyclic amines) is 4. The summed E-state index contributed by atoms with van der Waals surface area (Å²) in [7, 11) is 0. The van der Waals surface area contributed by atoms with Crippen molar-refractivity contribution in [2.45, 2.75) is 106 Å². The topological polar surface area (TPSA) is 308 Å². The number of aliphatic hydroxyl groups excluding tert-OH is 3. The average Bonchev–Trinajstić information content (AvgIpc) is 4.06. The van der Waals surface area contributed by atoms with Crippen LogP contribution < -0.4 is 26.6 Å². The summed E-state index contributed by atoms with van der Waals surface area (Å²) < 4.78 is 0. The minimum Gasteiger partial charge on any atom is -0.480 e. The van der Waals surface area contributed by atoms with Gasteiger partial charge in [-0.3, -0.25) is 43.2 Å². The van der Waals surface area contributed by atoms with E-state index in [1.807, 2.05) is 0 Å². The number of rotatable bonds is 16. The van der Waals surface area contributed by atoms with E-state index < -0.39 is 122 Å². The fourth-order valence-electron chi connectivity index (χ4n) is 8.41. The number of aliphatic hydroxyl groups is 3. The fraction of sp³-hybridized carbons (Fsp3) is 0.750. The molecule has 23 heteroatoms. The van der Waals surface area contributed by atoms with Crippen LogP contribution in [-0.2, 0) is 43.2 Å². The lowest BCUT2D eigenvalue weighted by Crippen LogP contribution is -2.56. The zero-order valence-corrected chi connectivity index (χ0v) is 33.7. The highest BCUT2D eigenvalue weighted by Gasteiger charge is 2.46. The molecule has 5 aliphatic rings. The summed E-state index contributed by atoms with van der Waals surface area (Å²) in [6, 6.07) is -5.93. The summed E-state index contributed by atoms with van der Waals surface area (Å²) in [6.07, 6.45) is 0.754. The van der Waals surface area contributed by atoms with Crippen molar-refractivity contribution >= 4 is 65.0 Å². The van der Waals surface area contributed by atoms with E-state index in [0.29, 0.717) is 25.1 Å². The van der Waals surface area contributed by atoms with Gasteiger partial charge in [-0.25, -0.2) is 0 Å². The van der Waals surface area contributed by atoms with Crippen LogP contribution >= 0.6 is 11.8 Å². The van der Waals surface area contributed by atoms with Gasteiger partial charge in [-0.15, -0.1) is 0 Å². The molecule has 0 bridgehead atoms. The van der Waals surface area contributed by atoms with Crippen LogP contribution in [-0.4, -0.2) is 212 Å². The van der Waals surface area contributed by atoms with E-state index in [2.05, 4.69) is 26.6 Å². The maximum absolute atomic E-state index is 13.9. The molecule has 328 valence electrons. The lowest BCUT2D eigenvalue weighted by atomic mass is 10.1. The molecule has 0 radical (unpaired) electrons. The second-order valence-electron chi connectivity index (χ2n) is 15.5. The van der Waals surface area contributed by atoms with Gasteiger partial charge in [0.05, 0.1) is 37.4 Å². The number of β-amino-alcohol motifs (C(OH)–C–C–N with tert-alkyl or cyclic N) is 3. The molecule has 9 N–H and O–H groups in total. The molecule has 0 aliphatic carbocycles. The predicted octanol–water partition coefficient (Wildman–Crippen LogP) is -5.71. The first-order valence-electron chi connectivity index (χ1n) is 19.9. The number of carboxylic acids is 1. The van der Waals surface area contributed by atoms with Gasteiger partial charge in [0.2, 0.25) is 47.3 Å². The van der Waals surface area contributed by atoms with Gasteiger partial charge >= 0.3 is 5.97 Å². The Hall–Kier alpha value is -4.58. The number of aliphatic carboxylic acids is 1. The molecule has 0 unspecified atom stereocenters. The Morgan fingerprint density at radius 1 is 0.678 bits per heavy atom. The molecule has 5 saturated heterocycles. The Bertz CT molecular complexity index is 1630. The number of nitrogens with zero attached hydrogens (tertiary/aromatic N) is 4. The standard InChI is InChI=1S/C36H55N9O13S/c1-59-9-6-23(41-28(49)13-38-31(53)25-10-19(46)16-43(25)34(56)22-4-2-7-37-22)35(57)44-17-20(47)11-26(44)32(54)39-14-29(50)42-8-3-5-24(42)36(58)45-18-21(48)12-27(45)33(55)40-15-30(51)52/h19-27,37,46-48H,2-18H2,1H3,(H,38,53)(H,39,54)(H,40,55)(H,41,49)(H,51,52)/t19-,20-,21-,22+,23+,24+,25+,26+,27+/m1/s1. The summed E-state index contributed by atoms with van der Waals surface area (Å²) in [5.41, 5.74) is 0. The van der Waals surface area contributed by atoms with Crippen LogP contribution in [0.5, 0.6) is 0 Å². The molecule has 59 heavy (non-hydrogen) atoms. The first kappa shape index (κ1) is 45.5. The van der Waals surface area contributed by atoms with E-state index in [1.165, 1.54) is 21.6 Å². The molecule has 5 rings (SSSR count). The molecule has 0 aromatic heterocycles. The predicted molar refractivity (Wildman–Crippen MR) is 206 cm³/mol. The number of carbonyl (C=O) groups is 9. The minimum absolute atomic E-state index is 0.00547. The van der Waals surface area contributed by atoms with Crippen molar-refractivity contribution in [3.63, 3.8) is 0 Å². The van der Waals surface area contributed by atoms with Crippen molar-refractivity contribution in [3.8, 4) is 0 Å². The molecular formula is C36H55N9O13S. The first-order valence-corrected chi connectivity index (χ1v) is 21.3. The zero-order valence-electron chi connectivity index (χ0n) is 32.9. The van der Waals surface area contributed by atoms with Gasteiger partial charge in [-0.2, -0.15) is 11.8 Å². The smallest absolute Gasteiger partial charge is 0.322 e. The normalized spacial score (nSPS) is 28.3. The third kappa shape index (κ3) is 11.4. The average molecular weight is 854 g/mol. The van der Waals surface area contributed by atoms with Gasteiger partial charge in [-0.05, 0) is 50.7 Å². The van der Waals surface area contributed by atoms with Crippen LogP contribution in [0.1, 0.15) is 51.4 Å². The van der Waals surface area contributed by atoms with Crippen LogP contribution in [0.3, 0.4) is 0 Å². The summed E-state index contributed by atoms with van der Waals surface area (Å²) in [6.45, 7) is -1.38. The van der Waals surface area contributed by atoms with E-state index in [1.54, 1.807) is 6.26 Å². The molecular weight excluding hydrogens is 799 g/mol. The van der Waals surface area contributed by atoms with Crippen LogP contribution in [0.4, 0.5) is 0 Å². The minimum atomic E-state index is -1.29. The van der Waals surface area contributed by atoms with Gasteiger partial charge in [0.15, 0.2) is 0 Å². The van der Waals surface area contributed by atoms with Gasteiger partial charge in [0.1, 0.15) is 36.8 Å². The molecule has 0 saturated carbocycles. The molecule has 8 amide bonds. The van der Waals surface area contributed by atoms with Crippen LogP contribution in [0.2, 0.25) is 0 Å². The summed E-state index contributed by atoms with van der Waals surface area (Å²) in [5, 5.41) is 52.8. The third-order valence-corrected chi connectivity index (χ3v) is 11.9. The molecule has 0 aromatic carbocycles. The number of thioether (sulfide) groups is 1. The van der Waals surface area contributed by atoms with E-state index in [4.69, 9.17) is 5.11 Å². The Balaban J connectivity index is 1.15. The monoisotopic (exact) mass is 853 g/mol. The number of amides is 8. The summed E-state index contributed by atoms with van der Waals surface area (Å²) >= 11 is 1.40. The molecule has 0 spiro atoms. The highest BCUT2D eigenvalue weighted by molar-refractivity contribution is 7.98. The number of nitrogens with one attached hydrogen (secondary N) is 5. The molecule has 5 heterocycles. The van der Waals surface area contributed by atoms with Gasteiger partial charge in [0.25, 0.3) is 0 Å². The van der Waals surface area contributed by atoms with Crippen molar-refractivity contribution in [2.75, 3.05) is 64.4 Å². The Kier molecular flexibility index (Phi) is 15.9. The van der Waals surface area contributed by atoms with Gasteiger partial charge < -0.3 is 66.6 Å². The van der Waals surface area contributed by atoms with Crippen LogP contribution in [0.25, 0.3) is 0 Å². The van der Waals surface area contributed by atoms with Crippen LogP contribution in [0, 0.1) is 0 Å². The lowest BCUT2D eigenvalue weighted by molar-refractivity contribution is -0.147. The van der Waals surface area contributed by atoms with E-state index in [-0.39, 0.29) is 64.2 Å².